The summed E-state index contributed by atoms with van der Waals surface area (Å²) in [5.41, 5.74) is 0.201. The van der Waals surface area contributed by atoms with E-state index in [-0.39, 0.29) is 0 Å². The first-order chi connectivity index (χ1) is 8.63. The average Bonchev–Trinajstić information content (AvgIpc) is 2.69. The molecule has 1 fully saturated rings. The fourth-order valence-corrected chi connectivity index (χ4v) is 2.59. The molecule has 0 bridgehead atoms. The lowest BCUT2D eigenvalue weighted by Crippen LogP contribution is -2.62. The fourth-order valence-electron chi connectivity index (χ4n) is 2.59. The Morgan fingerprint density at radius 3 is 2.89 bits per heavy atom. The van der Waals surface area contributed by atoms with Crippen molar-refractivity contribution in [1.82, 2.24) is 19.6 Å². The second kappa shape index (κ2) is 3.91. The maximum absolute atomic E-state index is 10.2. The molecule has 0 radical (unpaired) electrons. The van der Waals surface area contributed by atoms with Crippen LogP contribution in [0.25, 0.3) is 5.65 Å². The smallest absolute Gasteiger partial charge is 0.203 e. The summed E-state index contributed by atoms with van der Waals surface area (Å²) in [5.74, 6) is 1.65. The Morgan fingerprint density at radius 2 is 2.17 bits per heavy atom. The van der Waals surface area contributed by atoms with Gasteiger partial charge < -0.3 is 10.0 Å². The van der Waals surface area contributed by atoms with Gasteiger partial charge in [-0.25, -0.2) is 4.98 Å². The van der Waals surface area contributed by atoms with Crippen molar-refractivity contribution in [3.63, 3.8) is 0 Å². The van der Waals surface area contributed by atoms with E-state index in [1.165, 1.54) is 0 Å². The average molecular weight is 247 g/mol. The highest BCUT2D eigenvalue weighted by Gasteiger charge is 2.41. The highest BCUT2D eigenvalue weighted by Crippen LogP contribution is 2.31. The lowest BCUT2D eigenvalue weighted by molar-refractivity contribution is 0.00306. The molecule has 1 aliphatic heterocycles. The first-order valence-corrected chi connectivity index (χ1v) is 6.27. The molecule has 0 aromatic carbocycles. The van der Waals surface area contributed by atoms with E-state index in [2.05, 4.69) is 27.0 Å². The van der Waals surface area contributed by atoms with Crippen molar-refractivity contribution in [1.29, 1.82) is 0 Å². The van der Waals surface area contributed by atoms with Gasteiger partial charge in [0.1, 0.15) is 5.82 Å². The molecule has 3 heterocycles. The largest absolute Gasteiger partial charge is 0.386 e. The zero-order valence-corrected chi connectivity index (χ0v) is 10.7. The van der Waals surface area contributed by atoms with Crippen LogP contribution < -0.4 is 4.90 Å². The number of β-amino-alcohol motifs (C(OH)–C–C–N with tert-alkyl or cyclic N) is 1. The molecule has 18 heavy (non-hydrogen) atoms. The zero-order chi connectivity index (χ0) is 12.8. The number of rotatable bonds is 3. The van der Waals surface area contributed by atoms with Crippen molar-refractivity contribution in [2.45, 2.75) is 32.3 Å². The Balaban J connectivity index is 1.89. The molecule has 0 atom stereocenters. The van der Waals surface area contributed by atoms with Crippen LogP contribution in [0.1, 0.15) is 25.6 Å². The summed E-state index contributed by atoms with van der Waals surface area (Å²) in [5, 5.41) is 18.4. The Bertz CT molecular complexity index is 573. The molecule has 0 unspecified atom stereocenters. The predicted octanol–water partition coefficient (Wildman–Crippen LogP) is 0.784. The van der Waals surface area contributed by atoms with E-state index in [1.807, 2.05) is 17.5 Å². The van der Waals surface area contributed by atoms with E-state index in [9.17, 15) is 5.11 Å². The number of nitrogens with zero attached hydrogens (tertiary/aromatic N) is 5. The number of aromatic nitrogens is 4. The first-order valence-electron chi connectivity index (χ1n) is 6.27. The number of anilines is 1. The molecule has 1 aliphatic rings. The van der Waals surface area contributed by atoms with Gasteiger partial charge in [-0.15, -0.1) is 10.2 Å². The number of aryl methyl sites for hydroxylation is 1. The lowest BCUT2D eigenvalue weighted by Gasteiger charge is -2.47. The zero-order valence-electron chi connectivity index (χ0n) is 10.7. The topological polar surface area (TPSA) is 66.5 Å². The van der Waals surface area contributed by atoms with Crippen LogP contribution in [0.4, 0.5) is 5.82 Å². The van der Waals surface area contributed by atoms with Gasteiger partial charge in [0.15, 0.2) is 5.82 Å². The molecular weight excluding hydrogens is 230 g/mol. The Hall–Kier alpha value is -1.69. The molecule has 2 aromatic heterocycles. The normalized spacial score (nSPS) is 18.1. The van der Waals surface area contributed by atoms with Crippen molar-refractivity contribution < 1.29 is 5.11 Å². The van der Waals surface area contributed by atoms with Crippen LogP contribution in [0.3, 0.4) is 0 Å². The third kappa shape index (κ3) is 1.64. The standard InChI is InChI=1S/C12H17N5O/c1-3-4-12(18)7-16(8-12)10-11-15-14-9(2)17(11)6-5-13-10/h5-6,18H,3-4,7-8H2,1-2H3. The van der Waals surface area contributed by atoms with Gasteiger partial charge in [-0.2, -0.15) is 0 Å². The van der Waals surface area contributed by atoms with Crippen molar-refractivity contribution in [3.05, 3.63) is 18.2 Å². The van der Waals surface area contributed by atoms with Crippen LogP contribution >= 0.6 is 0 Å². The van der Waals surface area contributed by atoms with Crippen LogP contribution in [0.5, 0.6) is 0 Å². The maximum Gasteiger partial charge on any atom is 0.203 e. The molecule has 0 spiro atoms. The van der Waals surface area contributed by atoms with Gasteiger partial charge in [0, 0.05) is 12.4 Å². The number of hydrogen-bond donors (Lipinski definition) is 1. The SMILES string of the molecule is CCCC1(O)CN(c2nccn3c(C)nnc23)C1. The maximum atomic E-state index is 10.2. The van der Waals surface area contributed by atoms with Crippen LogP contribution in [0.15, 0.2) is 12.4 Å². The van der Waals surface area contributed by atoms with Crippen LogP contribution in [0, 0.1) is 6.92 Å². The van der Waals surface area contributed by atoms with Crippen LogP contribution in [-0.4, -0.2) is 43.4 Å². The monoisotopic (exact) mass is 247 g/mol. The molecule has 2 aromatic rings. The second-order valence-electron chi connectivity index (χ2n) is 5.02. The predicted molar refractivity (Wildman–Crippen MR) is 67.6 cm³/mol. The fraction of sp³-hybridized carbons (Fsp3) is 0.583. The van der Waals surface area contributed by atoms with Gasteiger partial charge >= 0.3 is 0 Å². The molecule has 6 nitrogen and oxygen atoms in total. The molecule has 1 N–H and O–H groups in total. The van der Waals surface area contributed by atoms with Crippen LogP contribution in [0.2, 0.25) is 0 Å². The third-order valence-electron chi connectivity index (χ3n) is 3.46. The molecule has 96 valence electrons. The van der Waals surface area contributed by atoms with Gasteiger partial charge in [0.05, 0.1) is 18.7 Å². The van der Waals surface area contributed by atoms with E-state index >= 15 is 0 Å². The van der Waals surface area contributed by atoms with Gasteiger partial charge in [0.25, 0.3) is 0 Å². The van der Waals surface area contributed by atoms with Gasteiger partial charge in [-0.05, 0) is 13.3 Å². The third-order valence-corrected chi connectivity index (χ3v) is 3.46. The van der Waals surface area contributed by atoms with Crippen molar-refractivity contribution in [3.8, 4) is 0 Å². The summed E-state index contributed by atoms with van der Waals surface area (Å²) in [6.07, 6.45) is 5.42. The highest BCUT2D eigenvalue weighted by molar-refractivity contribution is 5.65. The summed E-state index contributed by atoms with van der Waals surface area (Å²) < 4.78 is 1.92. The molecule has 0 saturated carbocycles. The van der Waals surface area contributed by atoms with Gasteiger partial charge in [-0.1, -0.05) is 13.3 Å². The summed E-state index contributed by atoms with van der Waals surface area (Å²) in [6.45, 7) is 5.24. The minimum atomic E-state index is -0.557. The number of fused-ring (bicyclic) bond motifs is 1. The molecular formula is C12H17N5O. The first kappa shape index (κ1) is 11.4. The second-order valence-corrected chi connectivity index (χ2v) is 5.02. The quantitative estimate of drug-likeness (QED) is 0.868. The molecule has 0 amide bonds. The summed E-state index contributed by atoms with van der Waals surface area (Å²) in [6, 6.07) is 0. The van der Waals surface area contributed by atoms with Crippen molar-refractivity contribution in [2.24, 2.45) is 0 Å². The van der Waals surface area contributed by atoms with E-state index in [0.717, 1.165) is 30.1 Å². The van der Waals surface area contributed by atoms with Crippen molar-refractivity contribution in [2.75, 3.05) is 18.0 Å². The molecule has 6 heteroatoms. The number of aliphatic hydroxyl groups is 1. The minimum Gasteiger partial charge on any atom is -0.386 e. The van der Waals surface area contributed by atoms with Crippen LogP contribution in [-0.2, 0) is 0 Å². The van der Waals surface area contributed by atoms with Crippen molar-refractivity contribution >= 4 is 11.5 Å². The minimum absolute atomic E-state index is 0.557. The van der Waals surface area contributed by atoms with E-state index in [1.54, 1.807) is 6.20 Å². The van der Waals surface area contributed by atoms with Gasteiger partial charge in [-0.3, -0.25) is 4.40 Å². The Kier molecular flexibility index (Phi) is 2.48. The Labute approximate surface area is 105 Å². The Morgan fingerprint density at radius 1 is 1.39 bits per heavy atom. The molecule has 0 aliphatic carbocycles. The van der Waals surface area contributed by atoms with Gasteiger partial charge in [0.2, 0.25) is 5.65 Å². The molecule has 1 saturated heterocycles. The summed E-state index contributed by atoms with van der Waals surface area (Å²) in [4.78, 5) is 6.41. The van der Waals surface area contributed by atoms with E-state index < -0.39 is 5.60 Å². The van der Waals surface area contributed by atoms with E-state index in [4.69, 9.17) is 0 Å². The van der Waals surface area contributed by atoms with E-state index in [0.29, 0.717) is 13.1 Å². The number of hydrogen-bond acceptors (Lipinski definition) is 5. The lowest BCUT2D eigenvalue weighted by atomic mass is 9.89. The summed E-state index contributed by atoms with van der Waals surface area (Å²) >= 11 is 0. The summed E-state index contributed by atoms with van der Waals surface area (Å²) in [7, 11) is 0. The molecule has 3 rings (SSSR count). The highest BCUT2D eigenvalue weighted by atomic mass is 16.3.